The first-order valence-corrected chi connectivity index (χ1v) is 7.40. The molecule has 130 valence electrons. The molecule has 2 fully saturated rings. The lowest BCUT2D eigenvalue weighted by molar-refractivity contribution is -0.388. The topological polar surface area (TPSA) is 83.8 Å². The fraction of sp³-hybridized carbons (Fsp3) is 0.333. The number of fused-ring (bicyclic) bond motifs is 5. The number of nitro benzene ring substituents is 1. The van der Waals surface area contributed by atoms with Crippen LogP contribution in [0.25, 0.3) is 0 Å². The van der Waals surface area contributed by atoms with E-state index < -0.39 is 40.3 Å². The summed E-state index contributed by atoms with van der Waals surface area (Å²) in [6, 6.07) is 0.471. The zero-order valence-corrected chi connectivity index (χ0v) is 12.4. The monoisotopic (exact) mass is 353 g/mol. The summed E-state index contributed by atoms with van der Waals surface area (Å²) in [6.07, 6.45) is -0.727. The second kappa shape index (κ2) is 4.80. The molecule has 25 heavy (non-hydrogen) atoms. The van der Waals surface area contributed by atoms with Gasteiger partial charge in [0, 0.05) is 12.0 Å². The van der Waals surface area contributed by atoms with Gasteiger partial charge in [-0.3, -0.25) is 14.9 Å². The van der Waals surface area contributed by atoms with Gasteiger partial charge < -0.3 is 4.90 Å². The summed E-state index contributed by atoms with van der Waals surface area (Å²) in [7, 11) is 0. The number of alkyl halides is 3. The number of rotatable bonds is 2. The van der Waals surface area contributed by atoms with Crippen LogP contribution < -0.4 is 4.90 Å². The van der Waals surface area contributed by atoms with Crippen molar-refractivity contribution >= 4 is 23.3 Å². The summed E-state index contributed by atoms with van der Waals surface area (Å²) in [5, 5.41) is 10.8. The van der Waals surface area contributed by atoms with Crippen molar-refractivity contribution in [1.82, 2.24) is 4.90 Å². The van der Waals surface area contributed by atoms with E-state index in [4.69, 9.17) is 0 Å². The van der Waals surface area contributed by atoms with Gasteiger partial charge in [-0.1, -0.05) is 12.2 Å². The maximum Gasteiger partial charge on any atom is 0.423 e. The van der Waals surface area contributed by atoms with Gasteiger partial charge in [-0.05, 0) is 18.6 Å². The van der Waals surface area contributed by atoms with Crippen LogP contribution in [-0.4, -0.2) is 33.8 Å². The van der Waals surface area contributed by atoms with Crippen LogP contribution >= 0.6 is 0 Å². The molecule has 2 saturated heterocycles. The van der Waals surface area contributed by atoms with Crippen molar-refractivity contribution in [2.24, 2.45) is 5.92 Å². The standard InChI is InChI=1S/C15H10F3N3O4/c16-15(17,18)10-6-9(3-4-11(10)21(24)25)20-13(22)12-7-1-2-8(5-7)19(12)14(20)23/h1-4,6-8,12H,5H2/t7?,8?,12-/m1/s1. The molecular weight excluding hydrogens is 343 g/mol. The first-order valence-electron chi connectivity index (χ1n) is 7.40. The first kappa shape index (κ1) is 15.6. The number of imide groups is 1. The lowest BCUT2D eigenvalue weighted by atomic mass is 10.0. The Morgan fingerprint density at radius 3 is 2.52 bits per heavy atom. The highest BCUT2D eigenvalue weighted by atomic mass is 19.4. The molecule has 4 rings (SSSR count). The summed E-state index contributed by atoms with van der Waals surface area (Å²) in [5.41, 5.74) is -2.94. The smallest absolute Gasteiger partial charge is 0.305 e. The van der Waals surface area contributed by atoms with E-state index in [9.17, 15) is 32.9 Å². The molecule has 1 aliphatic carbocycles. The van der Waals surface area contributed by atoms with E-state index in [0.717, 1.165) is 6.07 Å². The minimum atomic E-state index is -4.99. The van der Waals surface area contributed by atoms with Crippen LogP contribution in [0.1, 0.15) is 12.0 Å². The second-order valence-corrected chi connectivity index (χ2v) is 6.12. The zero-order valence-electron chi connectivity index (χ0n) is 12.4. The molecular formula is C15H10F3N3O4. The number of nitro groups is 1. The number of halogens is 3. The molecule has 10 heteroatoms. The molecule has 3 aliphatic rings. The van der Waals surface area contributed by atoms with Crippen molar-refractivity contribution < 1.29 is 27.7 Å². The van der Waals surface area contributed by atoms with Gasteiger partial charge >= 0.3 is 12.2 Å². The quantitative estimate of drug-likeness (QED) is 0.354. The molecule has 2 aliphatic heterocycles. The Morgan fingerprint density at radius 2 is 1.92 bits per heavy atom. The highest BCUT2D eigenvalue weighted by Gasteiger charge is 2.57. The van der Waals surface area contributed by atoms with E-state index in [1.807, 2.05) is 6.08 Å². The predicted octanol–water partition coefficient (Wildman–Crippen LogP) is 2.71. The summed E-state index contributed by atoms with van der Waals surface area (Å²) >= 11 is 0. The number of hydrogen-bond acceptors (Lipinski definition) is 4. The van der Waals surface area contributed by atoms with Gasteiger partial charge in [0.1, 0.15) is 11.6 Å². The van der Waals surface area contributed by atoms with Gasteiger partial charge in [-0.25, -0.2) is 9.69 Å². The van der Waals surface area contributed by atoms with Crippen LogP contribution in [-0.2, 0) is 11.0 Å². The molecule has 2 heterocycles. The average molecular weight is 353 g/mol. The Bertz CT molecular complexity index is 821. The number of benzene rings is 1. The van der Waals surface area contributed by atoms with Gasteiger partial charge in [0.05, 0.1) is 16.7 Å². The van der Waals surface area contributed by atoms with Crippen molar-refractivity contribution in [3.05, 3.63) is 46.0 Å². The Kier molecular flexibility index (Phi) is 3.00. The fourth-order valence-electron chi connectivity index (χ4n) is 3.75. The fourth-order valence-corrected chi connectivity index (χ4v) is 3.75. The lowest BCUT2D eigenvalue weighted by Gasteiger charge is -2.22. The van der Waals surface area contributed by atoms with Crippen molar-refractivity contribution in [2.45, 2.75) is 24.7 Å². The minimum Gasteiger partial charge on any atom is -0.305 e. The van der Waals surface area contributed by atoms with Gasteiger partial charge in [-0.15, -0.1) is 0 Å². The summed E-state index contributed by atoms with van der Waals surface area (Å²) in [5.74, 6) is -0.754. The van der Waals surface area contributed by atoms with Gasteiger partial charge in [0.15, 0.2) is 0 Å². The highest BCUT2D eigenvalue weighted by Crippen LogP contribution is 2.45. The first-order chi connectivity index (χ1) is 11.7. The molecule has 1 aromatic carbocycles. The normalized spacial score (nSPS) is 27.4. The van der Waals surface area contributed by atoms with Crippen LogP contribution in [0.4, 0.5) is 29.3 Å². The van der Waals surface area contributed by atoms with E-state index in [1.165, 1.54) is 4.90 Å². The van der Waals surface area contributed by atoms with Crippen molar-refractivity contribution in [3.8, 4) is 0 Å². The molecule has 1 aromatic rings. The third-order valence-electron chi connectivity index (χ3n) is 4.78. The molecule has 7 nitrogen and oxygen atoms in total. The van der Waals surface area contributed by atoms with Crippen LogP contribution in [0.15, 0.2) is 30.4 Å². The Hall–Kier alpha value is -2.91. The summed E-state index contributed by atoms with van der Waals surface area (Å²) in [4.78, 5) is 36.8. The highest BCUT2D eigenvalue weighted by molar-refractivity contribution is 6.22. The van der Waals surface area contributed by atoms with E-state index in [2.05, 4.69) is 0 Å². The number of amides is 3. The molecule has 2 bridgehead atoms. The Labute approximate surface area is 138 Å². The Morgan fingerprint density at radius 1 is 1.20 bits per heavy atom. The van der Waals surface area contributed by atoms with Gasteiger partial charge in [-0.2, -0.15) is 13.2 Å². The minimum absolute atomic E-state index is 0.147. The maximum absolute atomic E-state index is 13.1. The van der Waals surface area contributed by atoms with E-state index >= 15 is 0 Å². The van der Waals surface area contributed by atoms with E-state index in [1.54, 1.807) is 6.08 Å². The molecule has 2 unspecified atom stereocenters. The predicted molar refractivity (Wildman–Crippen MR) is 77.6 cm³/mol. The Balaban J connectivity index is 1.77. The van der Waals surface area contributed by atoms with Crippen LogP contribution in [0.3, 0.4) is 0 Å². The average Bonchev–Trinajstić information content (AvgIpc) is 3.20. The molecule has 3 amide bonds. The third-order valence-corrected chi connectivity index (χ3v) is 4.78. The van der Waals surface area contributed by atoms with Crippen LogP contribution in [0.5, 0.6) is 0 Å². The van der Waals surface area contributed by atoms with Crippen molar-refractivity contribution in [1.29, 1.82) is 0 Å². The third kappa shape index (κ3) is 2.06. The van der Waals surface area contributed by atoms with Crippen molar-refractivity contribution in [3.63, 3.8) is 0 Å². The maximum atomic E-state index is 13.1. The summed E-state index contributed by atoms with van der Waals surface area (Å²) < 4.78 is 39.4. The molecule has 0 N–H and O–H groups in total. The lowest BCUT2D eigenvalue weighted by Crippen LogP contribution is -2.38. The molecule has 3 atom stereocenters. The SMILES string of the molecule is O=C1[C@H]2C3C=CC(C3)N2C(=O)N1c1ccc([N+](=O)[O-])c(C(F)(F)F)c1. The van der Waals surface area contributed by atoms with Crippen LogP contribution in [0.2, 0.25) is 0 Å². The summed E-state index contributed by atoms with van der Waals surface area (Å²) in [6.45, 7) is 0. The molecule has 0 saturated carbocycles. The largest absolute Gasteiger partial charge is 0.423 e. The van der Waals surface area contributed by atoms with Gasteiger partial charge in [0.2, 0.25) is 0 Å². The molecule has 0 spiro atoms. The number of hydrogen-bond donors (Lipinski definition) is 0. The number of carbonyl (C=O) groups is 2. The van der Waals surface area contributed by atoms with Crippen LogP contribution in [0, 0.1) is 16.0 Å². The zero-order chi connectivity index (χ0) is 18.1. The second-order valence-electron chi connectivity index (χ2n) is 6.12. The number of anilines is 1. The van der Waals surface area contributed by atoms with Gasteiger partial charge in [0.25, 0.3) is 11.6 Å². The number of urea groups is 1. The van der Waals surface area contributed by atoms with Crippen molar-refractivity contribution in [2.75, 3.05) is 4.90 Å². The molecule has 0 aromatic heterocycles. The number of nitrogens with zero attached hydrogens (tertiary/aromatic N) is 3. The molecule has 0 radical (unpaired) electrons. The van der Waals surface area contributed by atoms with E-state index in [-0.39, 0.29) is 17.6 Å². The van der Waals surface area contributed by atoms with E-state index in [0.29, 0.717) is 23.5 Å². The number of carbonyl (C=O) groups excluding carboxylic acids is 2.